The van der Waals surface area contributed by atoms with Gasteiger partial charge in [0.25, 0.3) is 0 Å². The third-order valence-electron chi connectivity index (χ3n) is 7.19. The molecule has 2 aliphatic carbocycles. The molecule has 152 valence electrons. The van der Waals surface area contributed by atoms with Crippen molar-refractivity contribution in [2.75, 3.05) is 0 Å². The maximum absolute atomic E-state index is 13.8. The number of aromatic nitrogens is 3. The van der Waals surface area contributed by atoms with Crippen LogP contribution in [-0.4, -0.2) is 13.9 Å². The Labute approximate surface area is 171 Å². The van der Waals surface area contributed by atoms with Crippen molar-refractivity contribution in [2.45, 2.75) is 53.1 Å². The quantitative estimate of drug-likeness (QED) is 0.693. The van der Waals surface area contributed by atoms with Crippen molar-refractivity contribution in [3.63, 3.8) is 0 Å². The minimum Gasteiger partial charge on any atom is -0.245 e. The van der Waals surface area contributed by atoms with E-state index >= 15 is 0 Å². The van der Waals surface area contributed by atoms with Crippen LogP contribution >= 0.6 is 0 Å². The molecular formula is C24H29N3O2. The van der Waals surface area contributed by atoms with Gasteiger partial charge in [-0.25, -0.2) is 23.5 Å². The monoisotopic (exact) mass is 391 g/mol. The summed E-state index contributed by atoms with van der Waals surface area (Å²) in [5, 5.41) is 0. The summed E-state index contributed by atoms with van der Waals surface area (Å²) in [5.74, 6) is 0.472. The van der Waals surface area contributed by atoms with Crippen molar-refractivity contribution in [1.82, 2.24) is 13.9 Å². The minimum absolute atomic E-state index is 0.0921. The fraction of sp³-hybridized carbons (Fsp3) is 0.500. The highest BCUT2D eigenvalue weighted by molar-refractivity contribution is 5.42. The van der Waals surface area contributed by atoms with E-state index in [0.717, 1.165) is 0 Å². The highest BCUT2D eigenvalue weighted by atomic mass is 16.2. The smallest absolute Gasteiger partial charge is 0.245 e. The lowest BCUT2D eigenvalue weighted by Crippen LogP contribution is -2.67. The number of hydrogen-bond acceptors (Lipinski definition) is 2. The maximum atomic E-state index is 13.8. The van der Waals surface area contributed by atoms with Gasteiger partial charge in [0.1, 0.15) is 0 Å². The van der Waals surface area contributed by atoms with Crippen molar-refractivity contribution in [3.8, 4) is 5.69 Å². The topological polar surface area (TPSA) is 48.9 Å². The molecule has 0 saturated carbocycles. The molecule has 0 N–H and O–H groups in total. The molecule has 0 saturated heterocycles. The highest BCUT2D eigenvalue weighted by Crippen LogP contribution is 2.63. The van der Waals surface area contributed by atoms with Crippen LogP contribution in [0.1, 0.15) is 47.6 Å². The molecule has 3 heterocycles. The van der Waals surface area contributed by atoms with Gasteiger partial charge in [0.15, 0.2) is 0 Å². The van der Waals surface area contributed by atoms with E-state index in [2.05, 4.69) is 59.8 Å². The number of rotatable bonds is 1. The van der Waals surface area contributed by atoms with Gasteiger partial charge in [-0.2, -0.15) is 0 Å². The fourth-order valence-electron chi connectivity index (χ4n) is 5.74. The number of allylic oxidation sites excluding steroid dienone is 4. The van der Waals surface area contributed by atoms with Gasteiger partial charge >= 0.3 is 11.4 Å². The summed E-state index contributed by atoms with van der Waals surface area (Å²) in [6.45, 7) is 13.2. The van der Waals surface area contributed by atoms with Crippen LogP contribution < -0.4 is 11.4 Å². The summed E-state index contributed by atoms with van der Waals surface area (Å²) >= 11 is 0. The van der Waals surface area contributed by atoms with Crippen LogP contribution in [0.4, 0.5) is 0 Å². The lowest BCUT2D eigenvalue weighted by atomic mass is 9.50. The minimum atomic E-state index is -0.569. The fourth-order valence-corrected chi connectivity index (χ4v) is 5.74. The molecular weight excluding hydrogens is 362 g/mol. The van der Waals surface area contributed by atoms with Crippen molar-refractivity contribution < 1.29 is 0 Å². The van der Waals surface area contributed by atoms with Gasteiger partial charge in [-0.3, -0.25) is 0 Å². The van der Waals surface area contributed by atoms with Crippen LogP contribution in [0.25, 0.3) is 5.69 Å². The molecule has 0 fully saturated rings. The molecule has 0 spiro atoms. The van der Waals surface area contributed by atoms with E-state index in [-0.39, 0.29) is 40.1 Å². The number of hydrogen-bond donors (Lipinski definition) is 0. The first-order valence-corrected chi connectivity index (χ1v) is 10.4. The maximum Gasteiger partial charge on any atom is 0.352 e. The second-order valence-electron chi connectivity index (χ2n) is 10.8. The van der Waals surface area contributed by atoms with Gasteiger partial charge in [-0.05, 0) is 28.5 Å². The Bertz CT molecular complexity index is 1180. The highest BCUT2D eigenvalue weighted by Gasteiger charge is 2.64. The Balaban J connectivity index is 1.92. The predicted octanol–water partition coefficient (Wildman–Crippen LogP) is 3.89. The molecule has 2 bridgehead atoms. The van der Waals surface area contributed by atoms with Crippen molar-refractivity contribution >= 4 is 0 Å². The molecule has 1 aromatic heterocycles. The predicted molar refractivity (Wildman–Crippen MR) is 114 cm³/mol. The van der Waals surface area contributed by atoms with Gasteiger partial charge < -0.3 is 0 Å². The Kier molecular flexibility index (Phi) is 3.39. The summed E-state index contributed by atoms with van der Waals surface area (Å²) in [7, 11) is 0. The van der Waals surface area contributed by atoms with E-state index in [1.54, 1.807) is 9.36 Å². The molecule has 29 heavy (non-hydrogen) atoms. The van der Waals surface area contributed by atoms with Crippen molar-refractivity contribution in [1.29, 1.82) is 0 Å². The molecule has 2 aliphatic heterocycles. The Hall–Kier alpha value is -2.56. The van der Waals surface area contributed by atoms with Crippen molar-refractivity contribution in [3.05, 3.63) is 75.1 Å². The van der Waals surface area contributed by atoms with E-state index < -0.39 is 5.54 Å². The zero-order valence-electron chi connectivity index (χ0n) is 18.0. The van der Waals surface area contributed by atoms with E-state index in [4.69, 9.17) is 0 Å². The molecule has 4 atom stereocenters. The molecule has 4 aliphatic rings. The molecule has 5 nitrogen and oxygen atoms in total. The SMILES string of the molecule is CC(C)(C)C1=C[C@@]2(C(C)(C)C)[C@H]3C=C[C@@H]3[C@H]1n1c(=O)n(-c3ccccc3)c(=O)n12. The lowest BCUT2D eigenvalue weighted by Gasteiger charge is -2.63. The average molecular weight is 392 g/mol. The van der Waals surface area contributed by atoms with Crippen LogP contribution in [0.5, 0.6) is 0 Å². The zero-order chi connectivity index (χ0) is 20.9. The van der Waals surface area contributed by atoms with Crippen LogP contribution in [0.2, 0.25) is 0 Å². The zero-order valence-corrected chi connectivity index (χ0v) is 18.0. The first-order chi connectivity index (χ1) is 13.5. The first-order valence-electron chi connectivity index (χ1n) is 10.4. The van der Waals surface area contributed by atoms with E-state index in [1.165, 1.54) is 10.1 Å². The standard InChI is InChI=1S/C24H29N3O2/c1-22(2,3)18-14-24(23(4,5)6)17-13-12-16(17)19(18)26-20(28)25(21(29)27(24)26)15-10-8-7-9-11-15/h7-14,16-17,19H,1-6H3/t16-,17-,19+,24-/m0/s1. The summed E-state index contributed by atoms with van der Waals surface area (Å²) in [6, 6.07) is 9.16. The summed E-state index contributed by atoms with van der Waals surface area (Å²) in [4.78, 5) is 27.5. The van der Waals surface area contributed by atoms with Crippen LogP contribution in [0.3, 0.4) is 0 Å². The second-order valence-corrected chi connectivity index (χ2v) is 10.8. The second kappa shape index (κ2) is 5.32. The van der Waals surface area contributed by atoms with Crippen LogP contribution in [-0.2, 0) is 5.54 Å². The third kappa shape index (κ3) is 2.06. The molecule has 0 unspecified atom stereocenters. The number of nitrogens with zero attached hydrogens (tertiary/aromatic N) is 3. The largest absolute Gasteiger partial charge is 0.352 e. The van der Waals surface area contributed by atoms with E-state index in [9.17, 15) is 9.59 Å². The lowest BCUT2D eigenvalue weighted by molar-refractivity contribution is -0.0372. The van der Waals surface area contributed by atoms with Crippen molar-refractivity contribution in [2.24, 2.45) is 22.7 Å². The van der Waals surface area contributed by atoms with Gasteiger partial charge in [-0.15, -0.1) is 0 Å². The first kappa shape index (κ1) is 18.5. The molecule has 6 rings (SSSR count). The van der Waals surface area contributed by atoms with Gasteiger partial charge in [0.05, 0.1) is 17.3 Å². The Morgan fingerprint density at radius 2 is 1.55 bits per heavy atom. The summed E-state index contributed by atoms with van der Waals surface area (Å²) in [5.41, 5.74) is 0.482. The molecule has 5 heteroatoms. The number of benzene rings is 1. The molecule has 2 aromatic rings. The molecule has 1 aromatic carbocycles. The number of para-hydroxylation sites is 1. The van der Waals surface area contributed by atoms with Crippen LogP contribution in [0.15, 0.2) is 63.7 Å². The summed E-state index contributed by atoms with van der Waals surface area (Å²) in [6.07, 6.45) is 6.80. The van der Waals surface area contributed by atoms with Gasteiger partial charge in [0, 0.05) is 11.8 Å². The molecule has 0 radical (unpaired) electrons. The van der Waals surface area contributed by atoms with Gasteiger partial charge in [-0.1, -0.05) is 78.0 Å². The van der Waals surface area contributed by atoms with E-state index in [1.807, 2.05) is 30.3 Å². The average Bonchev–Trinajstić information content (AvgIpc) is 2.86. The Morgan fingerprint density at radius 1 is 0.897 bits per heavy atom. The van der Waals surface area contributed by atoms with Gasteiger partial charge in [0.2, 0.25) is 0 Å². The third-order valence-corrected chi connectivity index (χ3v) is 7.19. The van der Waals surface area contributed by atoms with Crippen LogP contribution in [0, 0.1) is 22.7 Å². The Morgan fingerprint density at radius 3 is 2.07 bits per heavy atom. The van der Waals surface area contributed by atoms with E-state index in [0.29, 0.717) is 5.69 Å². The summed E-state index contributed by atoms with van der Waals surface area (Å²) < 4.78 is 4.90. The molecule has 0 amide bonds. The normalized spacial score (nSPS) is 29.9.